The summed E-state index contributed by atoms with van der Waals surface area (Å²) in [6, 6.07) is 40.7. The molecule has 0 aromatic heterocycles. The van der Waals surface area contributed by atoms with Crippen LogP contribution >= 0.6 is 0 Å². The summed E-state index contributed by atoms with van der Waals surface area (Å²) in [5.41, 5.74) is 8.94. The fourth-order valence-electron chi connectivity index (χ4n) is 5.67. The molecule has 0 fully saturated rings. The van der Waals surface area contributed by atoms with E-state index in [1.807, 2.05) is 3.26 Å². The van der Waals surface area contributed by atoms with E-state index in [-0.39, 0.29) is 24.8 Å². The standard InChI is InChI=1S/C15H14.C13H9.C5H5.2ClH.Hf/c1-3-8-14(9-4-1)12-7-13-15-10-5-2-6-11-15;1-3-7-12-10(5-1)9-11-6-2-4-8-13(11)12;1-2-4-5-3-1;;;/h1-6,8-11H,12-13H2;1-9H;1-3H,4H2;2*1H;/q;;;;;+2/p-2. The van der Waals surface area contributed by atoms with Gasteiger partial charge in [0.25, 0.3) is 0 Å². The van der Waals surface area contributed by atoms with Crippen LogP contribution in [0.4, 0.5) is 0 Å². The van der Waals surface area contributed by atoms with Gasteiger partial charge in [-0.2, -0.15) is 0 Å². The number of hydrogen-bond acceptors (Lipinski definition) is 0. The molecule has 0 nitrogen and oxygen atoms in total. The van der Waals surface area contributed by atoms with Crippen LogP contribution in [0.2, 0.25) is 0 Å². The molecule has 36 heavy (non-hydrogen) atoms. The molecule has 3 heteroatoms. The van der Waals surface area contributed by atoms with E-state index < -0.39 is 21.0 Å². The van der Waals surface area contributed by atoms with E-state index in [9.17, 15) is 0 Å². The molecule has 0 spiro atoms. The molecule has 0 heterocycles. The maximum absolute atomic E-state index is 2.57. The summed E-state index contributed by atoms with van der Waals surface area (Å²) in [4.78, 5) is 0. The smallest absolute Gasteiger partial charge is 1.00 e. The molecule has 178 valence electrons. The first-order valence-corrected chi connectivity index (χ1v) is 17.9. The van der Waals surface area contributed by atoms with E-state index in [1.54, 1.807) is 14.5 Å². The third kappa shape index (κ3) is 5.35. The molecule has 2 aliphatic carbocycles. The predicted molar refractivity (Wildman–Crippen MR) is 141 cm³/mol. The van der Waals surface area contributed by atoms with Gasteiger partial charge in [0.2, 0.25) is 0 Å². The summed E-state index contributed by atoms with van der Waals surface area (Å²) in [5, 5.41) is 0. The van der Waals surface area contributed by atoms with Crippen molar-refractivity contribution >= 4 is 3.26 Å². The minimum atomic E-state index is -2.57. The van der Waals surface area contributed by atoms with Crippen molar-refractivity contribution in [1.82, 2.24) is 0 Å². The molecular formula is C33H28Cl2Hf. The van der Waals surface area contributed by atoms with Crippen molar-refractivity contribution in [2.24, 2.45) is 0 Å². The van der Waals surface area contributed by atoms with E-state index in [2.05, 4.69) is 127 Å². The van der Waals surface area contributed by atoms with Crippen molar-refractivity contribution in [2.75, 3.05) is 0 Å². The maximum Gasteiger partial charge on any atom is -1.00 e. The second-order valence-electron chi connectivity index (χ2n) is 9.27. The molecule has 0 atom stereocenters. The van der Waals surface area contributed by atoms with Gasteiger partial charge in [-0.15, -0.1) is 0 Å². The molecule has 0 aliphatic heterocycles. The van der Waals surface area contributed by atoms with E-state index in [0.29, 0.717) is 3.67 Å². The van der Waals surface area contributed by atoms with E-state index in [1.165, 1.54) is 22.3 Å². The maximum atomic E-state index is 2.47. The van der Waals surface area contributed by atoms with Crippen LogP contribution in [0.3, 0.4) is 0 Å². The molecule has 0 saturated heterocycles. The SMILES string of the molecule is C1=CC[C]([Hf+2](=[C](Cc2ccccc2)Cc2ccccc2)[CH]2c3ccccc3-c3ccccc32)=C1.[Cl-].[Cl-]. The number of halogens is 2. The van der Waals surface area contributed by atoms with Gasteiger partial charge in [-0.3, -0.25) is 0 Å². The van der Waals surface area contributed by atoms with Crippen LogP contribution in [0.15, 0.2) is 131 Å². The van der Waals surface area contributed by atoms with Gasteiger partial charge in [0.15, 0.2) is 0 Å². The summed E-state index contributed by atoms with van der Waals surface area (Å²) in [7, 11) is 0. The van der Waals surface area contributed by atoms with Crippen LogP contribution in [0, 0.1) is 0 Å². The van der Waals surface area contributed by atoms with Crippen LogP contribution in [-0.2, 0) is 33.8 Å². The fourth-order valence-corrected chi connectivity index (χ4v) is 19.2. The molecular weight excluding hydrogens is 646 g/mol. The Hall–Kier alpha value is -2.32. The van der Waals surface area contributed by atoms with Crippen LogP contribution in [0.5, 0.6) is 0 Å². The van der Waals surface area contributed by atoms with Crippen molar-refractivity contribution < 1.29 is 45.8 Å². The van der Waals surface area contributed by atoms with E-state index in [0.717, 1.165) is 19.3 Å². The molecule has 0 N–H and O–H groups in total. The van der Waals surface area contributed by atoms with Gasteiger partial charge in [-0.05, 0) is 0 Å². The first-order chi connectivity index (χ1) is 16.9. The first kappa shape index (κ1) is 26.7. The summed E-state index contributed by atoms with van der Waals surface area (Å²) >= 11 is -2.57. The molecule has 0 amide bonds. The first-order valence-electron chi connectivity index (χ1n) is 12.2. The predicted octanol–water partition coefficient (Wildman–Crippen LogP) is 1.88. The summed E-state index contributed by atoms with van der Waals surface area (Å²) in [5.74, 6) is 0. The molecule has 2 aliphatic rings. The van der Waals surface area contributed by atoms with Gasteiger partial charge in [0.1, 0.15) is 0 Å². The number of hydrogen-bond donors (Lipinski definition) is 0. The molecule has 0 radical (unpaired) electrons. The van der Waals surface area contributed by atoms with Crippen LogP contribution in [0.1, 0.15) is 32.3 Å². The molecule has 4 aromatic carbocycles. The second kappa shape index (κ2) is 12.3. The Labute approximate surface area is 234 Å². The minimum Gasteiger partial charge on any atom is -1.00 e. The number of benzene rings is 4. The Kier molecular flexibility index (Phi) is 9.12. The summed E-state index contributed by atoms with van der Waals surface area (Å²) in [6.45, 7) is 0. The van der Waals surface area contributed by atoms with Gasteiger partial charge >= 0.3 is 211 Å². The van der Waals surface area contributed by atoms with Crippen molar-refractivity contribution in [3.05, 3.63) is 153 Å². The van der Waals surface area contributed by atoms with Crippen molar-refractivity contribution in [3.8, 4) is 11.1 Å². The van der Waals surface area contributed by atoms with Crippen molar-refractivity contribution in [2.45, 2.75) is 22.9 Å². The largest absolute Gasteiger partial charge is 1.00 e. The Balaban J connectivity index is 0.00000152. The number of rotatable bonds is 6. The zero-order valence-electron chi connectivity index (χ0n) is 20.1. The zero-order valence-corrected chi connectivity index (χ0v) is 25.2. The van der Waals surface area contributed by atoms with Crippen molar-refractivity contribution in [1.29, 1.82) is 0 Å². The molecule has 6 rings (SSSR count). The van der Waals surface area contributed by atoms with Crippen LogP contribution in [-0.4, -0.2) is 3.26 Å². The Bertz CT molecular complexity index is 1330. The molecule has 0 saturated carbocycles. The van der Waals surface area contributed by atoms with Gasteiger partial charge < -0.3 is 24.8 Å². The molecule has 4 aromatic rings. The van der Waals surface area contributed by atoms with Gasteiger partial charge in [-0.1, -0.05) is 0 Å². The third-order valence-electron chi connectivity index (χ3n) is 7.14. The number of allylic oxidation sites excluding steroid dienone is 4. The topological polar surface area (TPSA) is 0 Å². The van der Waals surface area contributed by atoms with E-state index in [4.69, 9.17) is 0 Å². The summed E-state index contributed by atoms with van der Waals surface area (Å²) in [6.07, 6.45) is 10.5. The van der Waals surface area contributed by atoms with E-state index >= 15 is 0 Å². The monoisotopic (exact) mass is 674 g/mol. The third-order valence-corrected chi connectivity index (χ3v) is 19.3. The molecule has 0 unspecified atom stereocenters. The quantitative estimate of drug-likeness (QED) is 0.275. The average Bonchev–Trinajstić information content (AvgIpc) is 3.53. The summed E-state index contributed by atoms with van der Waals surface area (Å²) < 4.78 is 4.13. The van der Waals surface area contributed by atoms with Crippen LogP contribution < -0.4 is 24.8 Å². The normalized spacial score (nSPS) is 12.9. The minimum absolute atomic E-state index is 0. The van der Waals surface area contributed by atoms with Gasteiger partial charge in [0, 0.05) is 0 Å². The fraction of sp³-hybridized carbons (Fsp3) is 0.121. The second-order valence-corrected chi connectivity index (χ2v) is 19.2. The number of fused-ring (bicyclic) bond motifs is 3. The average molecular weight is 674 g/mol. The van der Waals surface area contributed by atoms with Gasteiger partial charge in [0.05, 0.1) is 0 Å². The Morgan fingerprint density at radius 2 is 1.08 bits per heavy atom. The molecule has 0 bridgehead atoms. The van der Waals surface area contributed by atoms with Crippen molar-refractivity contribution in [3.63, 3.8) is 0 Å². The van der Waals surface area contributed by atoms with Crippen LogP contribution in [0.25, 0.3) is 11.1 Å². The Morgan fingerprint density at radius 3 is 1.56 bits per heavy atom. The van der Waals surface area contributed by atoms with Gasteiger partial charge in [-0.25, -0.2) is 0 Å². The Morgan fingerprint density at radius 1 is 0.611 bits per heavy atom. The zero-order chi connectivity index (χ0) is 22.7.